The highest BCUT2D eigenvalue weighted by Gasteiger charge is 2.22. The van der Waals surface area contributed by atoms with Crippen LogP contribution in [0.5, 0.6) is 0 Å². The topological polar surface area (TPSA) is 37.4 Å². The molecule has 0 heterocycles. The average molecular weight is 313 g/mol. The summed E-state index contributed by atoms with van der Waals surface area (Å²) in [5.41, 5.74) is 0. The molecule has 0 aliphatic carbocycles. The fourth-order valence-electron chi connectivity index (χ4n) is 1.02. The maximum absolute atomic E-state index is 11.9. The predicted molar refractivity (Wildman–Crippen MR) is 64.6 cm³/mol. The highest BCUT2D eigenvalue weighted by Crippen LogP contribution is 2.26. The summed E-state index contributed by atoms with van der Waals surface area (Å²) in [7, 11) is -1.93. The molecule has 0 atom stereocenters. The standard InChI is InChI=1S/C9H11BrClNO2S/c1-3-12(2)15(13,14)9-5-4-7(10)6-8(9)11/h4-6H,3H2,1-2H3. The van der Waals surface area contributed by atoms with Gasteiger partial charge in [-0.15, -0.1) is 0 Å². The van der Waals surface area contributed by atoms with Crippen molar-refractivity contribution in [2.24, 2.45) is 0 Å². The summed E-state index contributed by atoms with van der Waals surface area (Å²) in [5.74, 6) is 0. The second kappa shape index (κ2) is 4.82. The third-order valence-corrected chi connectivity index (χ3v) is 4.94. The Labute approximate surface area is 103 Å². The van der Waals surface area contributed by atoms with E-state index >= 15 is 0 Å². The van der Waals surface area contributed by atoms with Gasteiger partial charge in [0.05, 0.1) is 5.02 Å². The molecule has 0 aliphatic heterocycles. The first-order valence-corrected chi connectivity index (χ1v) is 6.92. The first-order valence-electron chi connectivity index (χ1n) is 4.31. The van der Waals surface area contributed by atoms with Crippen molar-refractivity contribution in [2.45, 2.75) is 11.8 Å². The van der Waals surface area contributed by atoms with E-state index in [0.717, 1.165) is 4.47 Å². The molecule has 0 N–H and O–H groups in total. The number of halogens is 2. The Kier molecular flexibility index (Phi) is 4.17. The molecular weight excluding hydrogens is 302 g/mol. The maximum atomic E-state index is 11.9. The Morgan fingerprint density at radius 3 is 2.53 bits per heavy atom. The number of nitrogens with zero attached hydrogens (tertiary/aromatic N) is 1. The Morgan fingerprint density at radius 2 is 2.07 bits per heavy atom. The van der Waals surface area contributed by atoms with Gasteiger partial charge in [-0.25, -0.2) is 12.7 Å². The second-order valence-corrected chi connectivity index (χ2v) is 6.33. The van der Waals surface area contributed by atoms with Crippen molar-refractivity contribution in [3.8, 4) is 0 Å². The summed E-state index contributed by atoms with van der Waals surface area (Å²) >= 11 is 9.10. The van der Waals surface area contributed by atoms with Gasteiger partial charge in [-0.1, -0.05) is 34.5 Å². The summed E-state index contributed by atoms with van der Waals surface area (Å²) in [6.07, 6.45) is 0. The first kappa shape index (κ1) is 13.0. The average Bonchev–Trinajstić information content (AvgIpc) is 2.15. The van der Waals surface area contributed by atoms with Crippen LogP contribution in [0.1, 0.15) is 6.92 Å². The van der Waals surface area contributed by atoms with Gasteiger partial charge in [-0.05, 0) is 18.2 Å². The molecule has 0 aliphatic rings. The fraction of sp³-hybridized carbons (Fsp3) is 0.333. The number of rotatable bonds is 3. The van der Waals surface area contributed by atoms with Crippen LogP contribution in [-0.4, -0.2) is 26.3 Å². The van der Waals surface area contributed by atoms with Crippen LogP contribution >= 0.6 is 27.5 Å². The quantitative estimate of drug-likeness (QED) is 0.860. The zero-order chi connectivity index (χ0) is 11.6. The molecule has 1 aromatic carbocycles. The molecule has 15 heavy (non-hydrogen) atoms. The van der Waals surface area contributed by atoms with Gasteiger partial charge in [0.15, 0.2) is 0 Å². The van der Waals surface area contributed by atoms with E-state index < -0.39 is 10.0 Å². The van der Waals surface area contributed by atoms with E-state index in [-0.39, 0.29) is 9.92 Å². The maximum Gasteiger partial charge on any atom is 0.244 e. The van der Waals surface area contributed by atoms with Gasteiger partial charge in [-0.2, -0.15) is 0 Å². The predicted octanol–water partition coefficient (Wildman–Crippen LogP) is 2.74. The number of hydrogen-bond donors (Lipinski definition) is 0. The van der Waals surface area contributed by atoms with Crippen molar-refractivity contribution in [2.75, 3.05) is 13.6 Å². The molecule has 1 aromatic rings. The van der Waals surface area contributed by atoms with Gasteiger partial charge < -0.3 is 0 Å². The first-order chi connectivity index (χ1) is 6.89. The molecule has 1 rings (SSSR count). The van der Waals surface area contributed by atoms with Crippen LogP contribution in [0.15, 0.2) is 27.6 Å². The van der Waals surface area contributed by atoms with Crippen LogP contribution in [0.3, 0.4) is 0 Å². The number of hydrogen-bond acceptors (Lipinski definition) is 2. The molecule has 6 heteroatoms. The lowest BCUT2D eigenvalue weighted by Crippen LogP contribution is -2.26. The van der Waals surface area contributed by atoms with Crippen LogP contribution in [0.2, 0.25) is 5.02 Å². The SMILES string of the molecule is CCN(C)S(=O)(=O)c1ccc(Br)cc1Cl. The van der Waals surface area contributed by atoms with Crippen LogP contribution < -0.4 is 0 Å². The molecular formula is C9H11BrClNO2S. The van der Waals surface area contributed by atoms with Crippen molar-refractivity contribution < 1.29 is 8.42 Å². The molecule has 0 spiro atoms. The number of benzene rings is 1. The zero-order valence-corrected chi connectivity index (χ0v) is 11.5. The number of sulfonamides is 1. The Morgan fingerprint density at radius 1 is 1.47 bits per heavy atom. The van der Waals surface area contributed by atoms with Crippen molar-refractivity contribution >= 4 is 37.6 Å². The van der Waals surface area contributed by atoms with E-state index in [1.807, 2.05) is 0 Å². The fourth-order valence-corrected chi connectivity index (χ4v) is 3.21. The van der Waals surface area contributed by atoms with Gasteiger partial charge in [0.25, 0.3) is 0 Å². The Balaban J connectivity index is 3.28. The van der Waals surface area contributed by atoms with Gasteiger partial charge in [0.2, 0.25) is 10.0 Å². The minimum atomic E-state index is -3.46. The van der Waals surface area contributed by atoms with E-state index in [9.17, 15) is 8.42 Å². The lowest BCUT2D eigenvalue weighted by Gasteiger charge is -2.15. The van der Waals surface area contributed by atoms with Gasteiger partial charge in [-0.3, -0.25) is 0 Å². The van der Waals surface area contributed by atoms with Crippen LogP contribution in [0.25, 0.3) is 0 Å². The molecule has 0 fully saturated rings. The Bertz CT molecular complexity index is 461. The van der Waals surface area contributed by atoms with Gasteiger partial charge in [0.1, 0.15) is 4.90 Å². The molecule has 0 saturated heterocycles. The smallest absolute Gasteiger partial charge is 0.207 e. The largest absolute Gasteiger partial charge is 0.244 e. The molecule has 0 saturated carbocycles. The normalized spacial score (nSPS) is 12.1. The minimum absolute atomic E-state index is 0.136. The van der Waals surface area contributed by atoms with Crippen molar-refractivity contribution in [1.29, 1.82) is 0 Å². The third-order valence-electron chi connectivity index (χ3n) is 2.03. The summed E-state index contributed by atoms with van der Waals surface area (Å²) < 4.78 is 25.9. The third kappa shape index (κ3) is 2.72. The minimum Gasteiger partial charge on any atom is -0.207 e. The summed E-state index contributed by atoms with van der Waals surface area (Å²) in [6, 6.07) is 4.72. The van der Waals surface area contributed by atoms with E-state index in [1.54, 1.807) is 19.1 Å². The van der Waals surface area contributed by atoms with Crippen LogP contribution in [0.4, 0.5) is 0 Å². The Hall–Kier alpha value is -0.100. The zero-order valence-electron chi connectivity index (χ0n) is 8.37. The van der Waals surface area contributed by atoms with Gasteiger partial charge in [0, 0.05) is 18.1 Å². The van der Waals surface area contributed by atoms with Gasteiger partial charge >= 0.3 is 0 Å². The summed E-state index contributed by atoms with van der Waals surface area (Å²) in [6.45, 7) is 2.18. The van der Waals surface area contributed by atoms with E-state index in [4.69, 9.17) is 11.6 Å². The monoisotopic (exact) mass is 311 g/mol. The van der Waals surface area contributed by atoms with E-state index in [0.29, 0.717) is 6.54 Å². The second-order valence-electron chi connectivity index (χ2n) is 2.99. The highest BCUT2D eigenvalue weighted by molar-refractivity contribution is 9.10. The molecule has 3 nitrogen and oxygen atoms in total. The molecule has 0 bridgehead atoms. The molecule has 84 valence electrons. The van der Waals surface area contributed by atoms with Crippen molar-refractivity contribution in [3.63, 3.8) is 0 Å². The highest BCUT2D eigenvalue weighted by atomic mass is 79.9. The molecule has 0 radical (unpaired) electrons. The van der Waals surface area contributed by atoms with Crippen LogP contribution in [0, 0.1) is 0 Å². The van der Waals surface area contributed by atoms with Crippen molar-refractivity contribution in [3.05, 3.63) is 27.7 Å². The molecule has 0 amide bonds. The van der Waals surface area contributed by atoms with Crippen LogP contribution in [-0.2, 0) is 10.0 Å². The molecule has 0 aromatic heterocycles. The summed E-state index contributed by atoms with van der Waals surface area (Å²) in [5, 5.41) is 0.227. The summed E-state index contributed by atoms with van der Waals surface area (Å²) in [4.78, 5) is 0.136. The van der Waals surface area contributed by atoms with E-state index in [1.165, 1.54) is 17.4 Å². The lowest BCUT2D eigenvalue weighted by molar-refractivity contribution is 0.486. The molecule has 0 unspecified atom stereocenters. The lowest BCUT2D eigenvalue weighted by atomic mass is 10.4. The van der Waals surface area contributed by atoms with E-state index in [2.05, 4.69) is 15.9 Å². The van der Waals surface area contributed by atoms with Crippen molar-refractivity contribution in [1.82, 2.24) is 4.31 Å².